The molecule has 0 N–H and O–H groups in total. The van der Waals surface area contributed by atoms with Gasteiger partial charge in [-0.1, -0.05) is 30.3 Å². The third-order valence-electron chi connectivity index (χ3n) is 6.11. The zero-order valence-corrected chi connectivity index (χ0v) is 20.5. The lowest BCUT2D eigenvalue weighted by atomic mass is 10.2. The van der Waals surface area contributed by atoms with Crippen LogP contribution < -0.4 is 19.1 Å². The van der Waals surface area contributed by atoms with E-state index in [2.05, 4.69) is 9.88 Å². The molecule has 0 atom stereocenters. The number of pyridine rings is 1. The number of carbonyl (C=O) groups is 1. The highest BCUT2D eigenvalue weighted by molar-refractivity contribution is 5.77. The van der Waals surface area contributed by atoms with Crippen LogP contribution in [0.25, 0.3) is 0 Å². The van der Waals surface area contributed by atoms with Crippen molar-refractivity contribution >= 4 is 11.6 Å². The minimum Gasteiger partial charge on any atom is -0.495 e. The Balaban J connectivity index is 1.50. The molecule has 0 saturated carbocycles. The van der Waals surface area contributed by atoms with Gasteiger partial charge in [-0.25, -0.2) is 4.98 Å². The molecule has 4 rings (SSSR count). The molecule has 184 valence electrons. The highest BCUT2D eigenvalue weighted by Crippen LogP contribution is 2.33. The molecule has 1 aromatic heterocycles. The standard InChI is InChI=1S/C28H33N3O4/c1-30(23-12-4-5-13-24(23)33-2)19-16-27(32)31-18-8-3-9-20-34-25-14-6-7-15-26(25)35-28-22(21-31)11-10-17-29-28/h4-7,10-15,17H,3,8-9,16,18-21H2,1-2H3. The van der Waals surface area contributed by atoms with Crippen molar-refractivity contribution in [3.8, 4) is 23.1 Å². The van der Waals surface area contributed by atoms with Gasteiger partial charge in [0.15, 0.2) is 11.5 Å². The number of fused-ring (bicyclic) bond motifs is 2. The first-order valence-electron chi connectivity index (χ1n) is 12.1. The molecular formula is C28H33N3O4. The van der Waals surface area contributed by atoms with Gasteiger partial charge in [-0.05, 0) is 49.6 Å². The number of aromatic nitrogens is 1. The average molecular weight is 476 g/mol. The van der Waals surface area contributed by atoms with E-state index in [1.54, 1.807) is 13.3 Å². The van der Waals surface area contributed by atoms with E-state index >= 15 is 0 Å². The van der Waals surface area contributed by atoms with Crippen LogP contribution in [0.2, 0.25) is 0 Å². The minimum atomic E-state index is 0.105. The molecule has 35 heavy (non-hydrogen) atoms. The van der Waals surface area contributed by atoms with Crippen molar-refractivity contribution in [2.45, 2.75) is 32.2 Å². The second-order valence-corrected chi connectivity index (χ2v) is 8.58. The smallest absolute Gasteiger partial charge is 0.224 e. The molecule has 2 aromatic carbocycles. The summed E-state index contributed by atoms with van der Waals surface area (Å²) in [7, 11) is 3.64. The number of methoxy groups -OCH3 is 1. The topological polar surface area (TPSA) is 64.1 Å². The number of para-hydroxylation sites is 4. The normalized spacial score (nSPS) is 14.1. The maximum atomic E-state index is 13.4. The number of hydrogen-bond acceptors (Lipinski definition) is 6. The summed E-state index contributed by atoms with van der Waals surface area (Å²) in [5, 5.41) is 0. The number of amides is 1. The third-order valence-corrected chi connectivity index (χ3v) is 6.11. The maximum absolute atomic E-state index is 13.4. The fraction of sp³-hybridized carbons (Fsp3) is 0.357. The number of benzene rings is 2. The quantitative estimate of drug-likeness (QED) is 0.499. The Hall–Kier alpha value is -3.74. The average Bonchev–Trinajstić information content (AvgIpc) is 2.91. The largest absolute Gasteiger partial charge is 0.495 e. The molecule has 0 unspecified atom stereocenters. The van der Waals surface area contributed by atoms with E-state index in [4.69, 9.17) is 14.2 Å². The van der Waals surface area contributed by atoms with Gasteiger partial charge in [0.25, 0.3) is 0 Å². The summed E-state index contributed by atoms with van der Waals surface area (Å²) in [4.78, 5) is 21.8. The summed E-state index contributed by atoms with van der Waals surface area (Å²) in [6.45, 7) is 2.32. The van der Waals surface area contributed by atoms with Crippen LogP contribution in [-0.4, -0.2) is 49.6 Å². The van der Waals surface area contributed by atoms with Crippen LogP contribution in [0, 0.1) is 0 Å². The van der Waals surface area contributed by atoms with E-state index < -0.39 is 0 Å². The maximum Gasteiger partial charge on any atom is 0.224 e. The first kappa shape index (κ1) is 24.4. The number of carbonyl (C=O) groups excluding carboxylic acids is 1. The van der Waals surface area contributed by atoms with Crippen molar-refractivity contribution in [2.24, 2.45) is 0 Å². The monoisotopic (exact) mass is 475 g/mol. The second-order valence-electron chi connectivity index (χ2n) is 8.58. The van der Waals surface area contributed by atoms with Gasteiger partial charge < -0.3 is 24.0 Å². The van der Waals surface area contributed by atoms with Crippen molar-refractivity contribution in [3.05, 3.63) is 72.4 Å². The van der Waals surface area contributed by atoms with Crippen LogP contribution in [0.1, 0.15) is 31.2 Å². The summed E-state index contributed by atoms with van der Waals surface area (Å²) < 4.78 is 17.6. The Morgan fingerprint density at radius 2 is 1.83 bits per heavy atom. The van der Waals surface area contributed by atoms with Gasteiger partial charge in [-0.3, -0.25) is 4.79 Å². The first-order chi connectivity index (χ1) is 17.2. The molecule has 7 nitrogen and oxygen atoms in total. The van der Waals surface area contributed by atoms with Crippen LogP contribution in [0.4, 0.5) is 5.69 Å². The summed E-state index contributed by atoms with van der Waals surface area (Å²) in [6.07, 6.45) is 4.91. The van der Waals surface area contributed by atoms with Crippen molar-refractivity contribution in [1.29, 1.82) is 0 Å². The van der Waals surface area contributed by atoms with Crippen molar-refractivity contribution in [1.82, 2.24) is 9.88 Å². The van der Waals surface area contributed by atoms with Crippen LogP contribution in [0.3, 0.4) is 0 Å². The Morgan fingerprint density at radius 1 is 1.03 bits per heavy atom. The summed E-state index contributed by atoms with van der Waals surface area (Å²) in [5.74, 6) is 2.72. The lowest BCUT2D eigenvalue weighted by Gasteiger charge is -2.26. The van der Waals surface area contributed by atoms with Crippen LogP contribution in [0.15, 0.2) is 66.9 Å². The predicted molar refractivity (Wildman–Crippen MR) is 136 cm³/mol. The zero-order chi connectivity index (χ0) is 24.5. The third kappa shape index (κ3) is 6.44. The molecule has 1 aliphatic heterocycles. The molecule has 0 bridgehead atoms. The Morgan fingerprint density at radius 3 is 2.69 bits per heavy atom. The van der Waals surface area contributed by atoms with Crippen LogP contribution in [-0.2, 0) is 11.3 Å². The van der Waals surface area contributed by atoms with E-state index in [1.165, 1.54) is 0 Å². The highest BCUT2D eigenvalue weighted by Gasteiger charge is 2.19. The molecule has 0 fully saturated rings. The molecule has 0 radical (unpaired) electrons. The Kier molecular flexibility index (Phi) is 8.44. The Bertz CT molecular complexity index is 1120. The van der Waals surface area contributed by atoms with E-state index in [9.17, 15) is 4.79 Å². The number of hydrogen-bond donors (Lipinski definition) is 0. The number of rotatable bonds is 5. The van der Waals surface area contributed by atoms with Crippen molar-refractivity contribution < 1.29 is 19.0 Å². The molecule has 0 aliphatic carbocycles. The predicted octanol–water partition coefficient (Wildman–Crippen LogP) is 5.30. The van der Waals surface area contributed by atoms with Gasteiger partial charge in [0, 0.05) is 38.3 Å². The van der Waals surface area contributed by atoms with Gasteiger partial charge >= 0.3 is 0 Å². The molecule has 3 aromatic rings. The van der Waals surface area contributed by atoms with Gasteiger partial charge in [-0.2, -0.15) is 0 Å². The van der Waals surface area contributed by atoms with Gasteiger partial charge in [0.05, 0.1) is 25.9 Å². The van der Waals surface area contributed by atoms with E-state index in [1.807, 2.05) is 72.6 Å². The molecule has 0 saturated heterocycles. The summed E-state index contributed by atoms with van der Waals surface area (Å²) in [6, 6.07) is 19.3. The van der Waals surface area contributed by atoms with E-state index in [-0.39, 0.29) is 5.91 Å². The molecular weight excluding hydrogens is 442 g/mol. The van der Waals surface area contributed by atoms with Gasteiger partial charge in [0.2, 0.25) is 11.8 Å². The first-order valence-corrected chi connectivity index (χ1v) is 12.1. The van der Waals surface area contributed by atoms with Crippen LogP contribution in [0.5, 0.6) is 23.1 Å². The SMILES string of the molecule is COc1ccccc1N(C)CCC(=O)N1CCCCCOc2ccccc2Oc2ncccc2C1. The van der Waals surface area contributed by atoms with Gasteiger partial charge in [0.1, 0.15) is 5.75 Å². The summed E-state index contributed by atoms with van der Waals surface area (Å²) in [5.41, 5.74) is 1.84. The van der Waals surface area contributed by atoms with Gasteiger partial charge in [-0.15, -0.1) is 0 Å². The van der Waals surface area contributed by atoms with Crippen LogP contribution >= 0.6 is 0 Å². The van der Waals surface area contributed by atoms with Crippen molar-refractivity contribution in [3.63, 3.8) is 0 Å². The molecule has 1 aliphatic rings. The highest BCUT2D eigenvalue weighted by atomic mass is 16.5. The van der Waals surface area contributed by atoms with E-state index in [0.29, 0.717) is 50.0 Å². The second kappa shape index (κ2) is 12.1. The van der Waals surface area contributed by atoms with Crippen molar-refractivity contribution in [2.75, 3.05) is 38.8 Å². The number of ether oxygens (including phenoxy) is 3. The fourth-order valence-electron chi connectivity index (χ4n) is 4.14. The fourth-order valence-corrected chi connectivity index (χ4v) is 4.14. The number of anilines is 1. The summed E-state index contributed by atoms with van der Waals surface area (Å²) >= 11 is 0. The molecule has 7 heteroatoms. The Labute approximate surface area is 207 Å². The minimum absolute atomic E-state index is 0.105. The zero-order valence-electron chi connectivity index (χ0n) is 20.5. The lowest BCUT2D eigenvalue weighted by Crippen LogP contribution is -2.34. The molecule has 2 heterocycles. The molecule has 1 amide bonds. The lowest BCUT2D eigenvalue weighted by molar-refractivity contribution is -0.131. The molecule has 0 spiro atoms. The van der Waals surface area contributed by atoms with E-state index in [0.717, 1.165) is 36.3 Å². The number of nitrogens with zero attached hydrogens (tertiary/aromatic N) is 3.